The van der Waals surface area contributed by atoms with Crippen LogP contribution in [0.3, 0.4) is 0 Å². The molecule has 0 saturated heterocycles. The molecule has 0 unspecified atom stereocenters. The Morgan fingerprint density at radius 2 is 2.05 bits per heavy atom. The van der Waals surface area contributed by atoms with Gasteiger partial charge in [-0.05, 0) is 45.0 Å². The van der Waals surface area contributed by atoms with E-state index in [1.165, 1.54) is 0 Å². The van der Waals surface area contributed by atoms with Crippen LogP contribution in [0.25, 0.3) is 0 Å². The Bertz CT molecular complexity index is 566. The van der Waals surface area contributed by atoms with Crippen LogP contribution in [-0.4, -0.2) is 20.8 Å². The van der Waals surface area contributed by atoms with E-state index in [0.717, 1.165) is 5.69 Å². The summed E-state index contributed by atoms with van der Waals surface area (Å²) in [5.41, 5.74) is 6.88. The van der Waals surface area contributed by atoms with Crippen LogP contribution in [0.1, 0.15) is 26.5 Å². The van der Waals surface area contributed by atoms with Gasteiger partial charge in [-0.3, -0.25) is 0 Å². The highest BCUT2D eigenvalue weighted by Gasteiger charge is 2.15. The van der Waals surface area contributed by atoms with E-state index in [1.807, 2.05) is 32.9 Å². The Morgan fingerprint density at radius 3 is 2.70 bits per heavy atom. The summed E-state index contributed by atoms with van der Waals surface area (Å²) in [6.07, 6.45) is 1.64. The van der Waals surface area contributed by atoms with Crippen molar-refractivity contribution >= 4 is 11.5 Å². The maximum atomic E-state index is 5.87. The van der Waals surface area contributed by atoms with Crippen LogP contribution in [0, 0.1) is 0 Å². The molecule has 0 atom stereocenters. The lowest BCUT2D eigenvalue weighted by Gasteiger charge is -2.21. The monoisotopic (exact) mass is 273 g/mol. The fraction of sp³-hybridized carbons (Fsp3) is 0.357. The van der Waals surface area contributed by atoms with E-state index in [9.17, 15) is 0 Å². The number of nitrogens with one attached hydrogen (secondary N) is 1. The van der Waals surface area contributed by atoms with E-state index in [1.54, 1.807) is 18.3 Å². The minimum atomic E-state index is -0.343. The Labute approximate surface area is 118 Å². The maximum absolute atomic E-state index is 5.87. The molecule has 0 bridgehead atoms. The van der Waals surface area contributed by atoms with Gasteiger partial charge in [0.05, 0.1) is 17.9 Å². The third kappa shape index (κ3) is 4.08. The van der Waals surface area contributed by atoms with Crippen LogP contribution in [-0.2, 0) is 6.54 Å². The van der Waals surface area contributed by atoms with Gasteiger partial charge in [-0.25, -0.2) is 0 Å². The standard InChI is InChI=1S/C14H19N5O/c1-14(2,3)20-13-11(15)6-7-12(18-13)16-9-10-5-4-8-17-19-10/h4-8H,9,15H2,1-3H3,(H,16,18). The van der Waals surface area contributed by atoms with Gasteiger partial charge >= 0.3 is 0 Å². The molecule has 0 aliphatic carbocycles. The van der Waals surface area contributed by atoms with Gasteiger partial charge in [-0.15, -0.1) is 0 Å². The summed E-state index contributed by atoms with van der Waals surface area (Å²) in [6.45, 7) is 6.40. The average Bonchev–Trinajstić information content (AvgIpc) is 2.39. The number of aromatic nitrogens is 3. The summed E-state index contributed by atoms with van der Waals surface area (Å²) in [7, 11) is 0. The molecule has 0 saturated carbocycles. The molecule has 0 radical (unpaired) electrons. The number of nitrogens with two attached hydrogens (primary N) is 1. The molecule has 0 aromatic carbocycles. The first kappa shape index (κ1) is 14.0. The predicted octanol–water partition coefficient (Wildman–Crippen LogP) is 2.24. The number of hydrogen-bond acceptors (Lipinski definition) is 6. The number of anilines is 2. The molecule has 106 valence electrons. The number of rotatable bonds is 4. The summed E-state index contributed by atoms with van der Waals surface area (Å²) in [4.78, 5) is 4.37. The molecule has 0 aliphatic rings. The molecule has 3 N–H and O–H groups in total. The van der Waals surface area contributed by atoms with Gasteiger partial charge in [0, 0.05) is 6.20 Å². The van der Waals surface area contributed by atoms with Crippen LogP contribution in [0.4, 0.5) is 11.5 Å². The lowest BCUT2D eigenvalue weighted by Crippen LogP contribution is -2.24. The highest BCUT2D eigenvalue weighted by atomic mass is 16.5. The second-order valence-electron chi connectivity index (χ2n) is 5.37. The molecule has 2 heterocycles. The van der Waals surface area contributed by atoms with Gasteiger partial charge < -0.3 is 15.8 Å². The molecule has 6 nitrogen and oxygen atoms in total. The number of ether oxygens (including phenoxy) is 1. The summed E-state index contributed by atoms with van der Waals surface area (Å²) < 4.78 is 5.72. The fourth-order valence-electron chi connectivity index (χ4n) is 1.53. The SMILES string of the molecule is CC(C)(C)Oc1nc(NCc2cccnn2)ccc1N. The number of nitrogens with zero attached hydrogens (tertiary/aromatic N) is 3. The normalized spacial score (nSPS) is 11.2. The van der Waals surface area contributed by atoms with Crippen molar-refractivity contribution in [3.8, 4) is 5.88 Å². The molecule has 20 heavy (non-hydrogen) atoms. The van der Waals surface area contributed by atoms with Gasteiger partial charge in [0.15, 0.2) is 0 Å². The fourth-order valence-corrected chi connectivity index (χ4v) is 1.53. The van der Waals surface area contributed by atoms with Gasteiger partial charge in [0.25, 0.3) is 0 Å². The number of hydrogen-bond donors (Lipinski definition) is 2. The van der Waals surface area contributed by atoms with E-state index in [0.29, 0.717) is 23.9 Å². The number of nitrogen functional groups attached to an aromatic ring is 1. The van der Waals surface area contributed by atoms with Gasteiger partial charge in [-0.2, -0.15) is 15.2 Å². The first-order chi connectivity index (χ1) is 9.44. The van der Waals surface area contributed by atoms with E-state index < -0.39 is 0 Å². The second kappa shape index (κ2) is 5.73. The molecular formula is C14H19N5O. The van der Waals surface area contributed by atoms with Crippen molar-refractivity contribution in [3.63, 3.8) is 0 Å². The molecule has 2 aromatic rings. The van der Waals surface area contributed by atoms with E-state index >= 15 is 0 Å². The Balaban J connectivity index is 2.07. The number of pyridine rings is 1. The third-order valence-electron chi connectivity index (χ3n) is 2.37. The first-order valence-corrected chi connectivity index (χ1v) is 6.40. The molecule has 2 aromatic heterocycles. The average molecular weight is 273 g/mol. The van der Waals surface area contributed by atoms with Gasteiger partial charge in [0.2, 0.25) is 5.88 Å². The highest BCUT2D eigenvalue weighted by molar-refractivity contribution is 5.53. The highest BCUT2D eigenvalue weighted by Crippen LogP contribution is 2.24. The van der Waals surface area contributed by atoms with E-state index in [-0.39, 0.29) is 5.60 Å². The van der Waals surface area contributed by atoms with Crippen molar-refractivity contribution < 1.29 is 4.74 Å². The van der Waals surface area contributed by atoms with Crippen molar-refractivity contribution in [2.24, 2.45) is 0 Å². The molecule has 0 spiro atoms. The molecule has 0 fully saturated rings. The molecule has 0 amide bonds. The zero-order chi connectivity index (χ0) is 14.6. The zero-order valence-corrected chi connectivity index (χ0v) is 11.9. The zero-order valence-electron chi connectivity index (χ0n) is 11.9. The predicted molar refractivity (Wildman–Crippen MR) is 78.4 cm³/mol. The van der Waals surface area contributed by atoms with Crippen molar-refractivity contribution in [2.45, 2.75) is 32.9 Å². The second-order valence-corrected chi connectivity index (χ2v) is 5.37. The topological polar surface area (TPSA) is 86.0 Å². The molecule has 0 aliphatic heterocycles. The summed E-state index contributed by atoms with van der Waals surface area (Å²) in [5, 5.41) is 11.0. The first-order valence-electron chi connectivity index (χ1n) is 6.40. The quantitative estimate of drug-likeness (QED) is 0.888. The van der Waals surface area contributed by atoms with Gasteiger partial charge in [-0.1, -0.05) is 0 Å². The van der Waals surface area contributed by atoms with Crippen LogP contribution in [0.15, 0.2) is 30.5 Å². The molecular weight excluding hydrogens is 254 g/mol. The Morgan fingerprint density at radius 1 is 1.25 bits per heavy atom. The van der Waals surface area contributed by atoms with Crippen LogP contribution >= 0.6 is 0 Å². The van der Waals surface area contributed by atoms with Crippen molar-refractivity contribution in [1.29, 1.82) is 0 Å². The largest absolute Gasteiger partial charge is 0.470 e. The van der Waals surface area contributed by atoms with Crippen molar-refractivity contribution in [3.05, 3.63) is 36.2 Å². The van der Waals surface area contributed by atoms with E-state index in [4.69, 9.17) is 10.5 Å². The smallest absolute Gasteiger partial charge is 0.239 e. The third-order valence-corrected chi connectivity index (χ3v) is 2.37. The minimum Gasteiger partial charge on any atom is -0.470 e. The van der Waals surface area contributed by atoms with Crippen molar-refractivity contribution in [2.75, 3.05) is 11.1 Å². The lowest BCUT2D eigenvalue weighted by molar-refractivity contribution is 0.125. The van der Waals surface area contributed by atoms with Crippen LogP contribution < -0.4 is 15.8 Å². The summed E-state index contributed by atoms with van der Waals surface area (Å²) in [5.74, 6) is 1.12. The Hall–Kier alpha value is -2.37. The molecule has 6 heteroatoms. The van der Waals surface area contributed by atoms with E-state index in [2.05, 4.69) is 20.5 Å². The van der Waals surface area contributed by atoms with Crippen LogP contribution in [0.5, 0.6) is 5.88 Å². The summed E-state index contributed by atoms with van der Waals surface area (Å²) in [6, 6.07) is 7.31. The Kier molecular flexibility index (Phi) is 4.02. The van der Waals surface area contributed by atoms with Crippen LogP contribution in [0.2, 0.25) is 0 Å². The van der Waals surface area contributed by atoms with Gasteiger partial charge in [0.1, 0.15) is 11.4 Å². The minimum absolute atomic E-state index is 0.343. The summed E-state index contributed by atoms with van der Waals surface area (Å²) >= 11 is 0. The lowest BCUT2D eigenvalue weighted by atomic mass is 10.2. The molecule has 2 rings (SSSR count). The maximum Gasteiger partial charge on any atom is 0.239 e. The van der Waals surface area contributed by atoms with Crippen molar-refractivity contribution in [1.82, 2.24) is 15.2 Å².